The fourth-order valence-corrected chi connectivity index (χ4v) is 2.51. The molecule has 5 heteroatoms. The third-order valence-corrected chi connectivity index (χ3v) is 4.01. The lowest BCUT2D eigenvalue weighted by molar-refractivity contribution is -0.139. The van der Waals surface area contributed by atoms with Crippen LogP contribution in [-0.2, 0) is 9.59 Å². The molecule has 3 N–H and O–H groups in total. The zero-order chi connectivity index (χ0) is 14.7. The van der Waals surface area contributed by atoms with Crippen LogP contribution in [0.5, 0.6) is 0 Å². The van der Waals surface area contributed by atoms with Crippen molar-refractivity contribution in [3.8, 4) is 0 Å². The molecule has 2 atom stereocenters. The van der Waals surface area contributed by atoms with Crippen LogP contribution in [0.25, 0.3) is 0 Å². The lowest BCUT2D eigenvalue weighted by atomic mass is 9.83. The van der Waals surface area contributed by atoms with E-state index in [1.54, 1.807) is 0 Å². The van der Waals surface area contributed by atoms with Crippen molar-refractivity contribution in [3.05, 3.63) is 0 Å². The summed E-state index contributed by atoms with van der Waals surface area (Å²) >= 11 is 0. The van der Waals surface area contributed by atoms with Crippen molar-refractivity contribution in [1.29, 1.82) is 0 Å². The lowest BCUT2D eigenvalue weighted by Crippen LogP contribution is -2.57. The summed E-state index contributed by atoms with van der Waals surface area (Å²) in [4.78, 5) is 23.4. The average molecular weight is 270 g/mol. The first-order chi connectivity index (χ1) is 8.71. The van der Waals surface area contributed by atoms with E-state index in [1.165, 1.54) is 0 Å². The molecule has 1 amide bonds. The Labute approximate surface area is 115 Å². The first-order valence-corrected chi connectivity index (χ1v) is 6.99. The Morgan fingerprint density at radius 2 is 2.05 bits per heavy atom. The van der Waals surface area contributed by atoms with Crippen LogP contribution in [0.15, 0.2) is 0 Å². The first-order valence-electron chi connectivity index (χ1n) is 6.99. The van der Waals surface area contributed by atoms with Crippen LogP contribution in [0.2, 0.25) is 0 Å². The molecule has 0 bridgehead atoms. The molecule has 0 radical (unpaired) electrons. The van der Waals surface area contributed by atoms with E-state index in [-0.39, 0.29) is 23.8 Å². The van der Waals surface area contributed by atoms with Crippen molar-refractivity contribution in [2.24, 2.45) is 5.41 Å². The molecule has 1 saturated heterocycles. The summed E-state index contributed by atoms with van der Waals surface area (Å²) in [5.41, 5.74) is -0.788. The largest absolute Gasteiger partial charge is 0.481 e. The minimum atomic E-state index is -0.884. The molecular formula is C14H26N2O3. The number of carbonyl (C=O) groups is 2. The van der Waals surface area contributed by atoms with Gasteiger partial charge in [-0.25, -0.2) is 0 Å². The highest BCUT2D eigenvalue weighted by atomic mass is 16.4. The van der Waals surface area contributed by atoms with Gasteiger partial charge in [0.05, 0.1) is 12.0 Å². The van der Waals surface area contributed by atoms with E-state index in [9.17, 15) is 9.59 Å². The minimum absolute atomic E-state index is 0.0466. The lowest BCUT2D eigenvalue weighted by Gasteiger charge is -2.35. The number of carbonyl (C=O) groups excluding carboxylic acids is 1. The van der Waals surface area contributed by atoms with E-state index in [0.717, 1.165) is 25.8 Å². The number of amides is 1. The number of rotatable bonds is 5. The molecule has 0 aromatic rings. The predicted molar refractivity (Wildman–Crippen MR) is 73.9 cm³/mol. The zero-order valence-electron chi connectivity index (χ0n) is 12.4. The first kappa shape index (κ1) is 16.0. The molecule has 0 aromatic heterocycles. The normalized spacial score (nSPS) is 25.1. The summed E-state index contributed by atoms with van der Waals surface area (Å²) in [5, 5.41) is 15.2. The summed E-state index contributed by atoms with van der Waals surface area (Å²) in [6.07, 6.45) is 2.48. The number of aliphatic carboxylic acids is 1. The molecular weight excluding hydrogens is 244 g/mol. The number of hydrogen-bond donors (Lipinski definition) is 3. The molecule has 1 aliphatic heterocycles. The Kier molecular flexibility index (Phi) is 4.96. The maximum Gasteiger partial charge on any atom is 0.305 e. The van der Waals surface area contributed by atoms with Crippen molar-refractivity contribution in [3.63, 3.8) is 0 Å². The molecule has 19 heavy (non-hydrogen) atoms. The molecule has 1 rings (SSSR count). The van der Waals surface area contributed by atoms with Crippen LogP contribution in [0, 0.1) is 5.41 Å². The van der Waals surface area contributed by atoms with Crippen molar-refractivity contribution < 1.29 is 14.7 Å². The maximum absolute atomic E-state index is 12.5. The van der Waals surface area contributed by atoms with Crippen molar-refractivity contribution in [2.75, 3.05) is 6.54 Å². The van der Waals surface area contributed by atoms with Gasteiger partial charge in [0.2, 0.25) is 5.91 Å². The Morgan fingerprint density at radius 1 is 1.42 bits per heavy atom. The monoisotopic (exact) mass is 270 g/mol. The number of hydrogen-bond acceptors (Lipinski definition) is 3. The van der Waals surface area contributed by atoms with Gasteiger partial charge in [0, 0.05) is 6.04 Å². The van der Waals surface area contributed by atoms with Gasteiger partial charge < -0.3 is 15.7 Å². The van der Waals surface area contributed by atoms with Gasteiger partial charge in [0.1, 0.15) is 0 Å². The minimum Gasteiger partial charge on any atom is -0.481 e. The Balaban J connectivity index is 2.78. The fraction of sp³-hybridized carbons (Fsp3) is 0.857. The molecule has 2 unspecified atom stereocenters. The average Bonchev–Trinajstić information content (AvgIpc) is 2.75. The van der Waals surface area contributed by atoms with Gasteiger partial charge in [-0.15, -0.1) is 0 Å². The molecule has 0 saturated carbocycles. The van der Waals surface area contributed by atoms with Crippen molar-refractivity contribution >= 4 is 11.9 Å². The van der Waals surface area contributed by atoms with Crippen LogP contribution in [0.1, 0.15) is 53.4 Å². The van der Waals surface area contributed by atoms with Gasteiger partial charge in [-0.1, -0.05) is 27.7 Å². The molecule has 0 spiro atoms. The van der Waals surface area contributed by atoms with E-state index in [4.69, 9.17) is 5.11 Å². The quantitative estimate of drug-likeness (QED) is 0.708. The van der Waals surface area contributed by atoms with Gasteiger partial charge in [0.25, 0.3) is 0 Å². The van der Waals surface area contributed by atoms with Gasteiger partial charge in [-0.2, -0.15) is 0 Å². The second kappa shape index (κ2) is 5.90. The molecule has 0 aromatic carbocycles. The van der Waals surface area contributed by atoms with Gasteiger partial charge in [0.15, 0.2) is 0 Å². The molecule has 1 aliphatic rings. The zero-order valence-corrected chi connectivity index (χ0v) is 12.4. The number of carboxylic acids is 1. The highest BCUT2D eigenvalue weighted by Gasteiger charge is 2.41. The van der Waals surface area contributed by atoms with Crippen LogP contribution in [0.4, 0.5) is 0 Å². The van der Waals surface area contributed by atoms with Crippen LogP contribution < -0.4 is 10.6 Å². The summed E-state index contributed by atoms with van der Waals surface area (Å²) in [6, 6.07) is -0.358. The molecule has 1 fully saturated rings. The highest BCUT2D eigenvalue weighted by molar-refractivity contribution is 5.87. The standard InChI is InChI=1S/C14H26N2O3/c1-5-14(7-6-8-15-14)12(19)16-10(9-11(17)18)13(2,3)4/h10,15H,5-9H2,1-4H3,(H,16,19)(H,17,18). The van der Waals surface area contributed by atoms with Crippen molar-refractivity contribution in [1.82, 2.24) is 10.6 Å². The van der Waals surface area contributed by atoms with Crippen LogP contribution in [-0.4, -0.2) is 35.1 Å². The van der Waals surface area contributed by atoms with Gasteiger partial charge in [-0.05, 0) is 31.2 Å². The second-order valence-corrected chi connectivity index (χ2v) is 6.46. The molecule has 0 aliphatic carbocycles. The predicted octanol–water partition coefficient (Wildman–Crippen LogP) is 1.52. The Morgan fingerprint density at radius 3 is 2.42 bits per heavy atom. The van der Waals surface area contributed by atoms with E-state index < -0.39 is 11.5 Å². The topological polar surface area (TPSA) is 78.4 Å². The Bertz CT molecular complexity index is 341. The number of carboxylic acid groups (broad SMARTS) is 1. The van der Waals surface area contributed by atoms with Crippen LogP contribution >= 0.6 is 0 Å². The van der Waals surface area contributed by atoms with E-state index in [0.29, 0.717) is 0 Å². The third-order valence-electron chi connectivity index (χ3n) is 4.01. The van der Waals surface area contributed by atoms with Crippen LogP contribution in [0.3, 0.4) is 0 Å². The molecule has 110 valence electrons. The van der Waals surface area contributed by atoms with E-state index in [1.807, 2.05) is 27.7 Å². The smallest absolute Gasteiger partial charge is 0.305 e. The number of nitrogens with one attached hydrogen (secondary N) is 2. The van der Waals surface area contributed by atoms with Crippen molar-refractivity contribution in [2.45, 2.75) is 65.0 Å². The van der Waals surface area contributed by atoms with Gasteiger partial charge in [-0.3, -0.25) is 9.59 Å². The molecule has 1 heterocycles. The second-order valence-electron chi connectivity index (χ2n) is 6.46. The van der Waals surface area contributed by atoms with E-state index >= 15 is 0 Å². The summed E-state index contributed by atoms with van der Waals surface area (Å²) < 4.78 is 0. The van der Waals surface area contributed by atoms with Gasteiger partial charge >= 0.3 is 5.97 Å². The highest BCUT2D eigenvalue weighted by Crippen LogP contribution is 2.26. The van der Waals surface area contributed by atoms with E-state index in [2.05, 4.69) is 10.6 Å². The maximum atomic E-state index is 12.5. The third kappa shape index (κ3) is 3.93. The summed E-state index contributed by atoms with van der Waals surface area (Å²) in [7, 11) is 0. The Hall–Kier alpha value is -1.10. The fourth-order valence-electron chi connectivity index (χ4n) is 2.51. The molecule has 5 nitrogen and oxygen atoms in total. The summed E-state index contributed by atoms with van der Waals surface area (Å²) in [6.45, 7) is 8.67. The SMILES string of the molecule is CCC1(C(=O)NC(CC(=O)O)C(C)(C)C)CCCN1. The summed E-state index contributed by atoms with van der Waals surface area (Å²) in [5.74, 6) is -0.946.